The highest BCUT2D eigenvalue weighted by Crippen LogP contribution is 2.41. The second-order valence-electron chi connectivity index (χ2n) is 33.4. The molecule has 0 radical (unpaired) electrons. The number of amides is 4. The predicted molar refractivity (Wildman–Crippen MR) is 529 cm³/mol. The van der Waals surface area contributed by atoms with Gasteiger partial charge in [-0.25, -0.2) is 89.3 Å². The Morgan fingerprint density at radius 2 is 0.776 bits per heavy atom. The Morgan fingerprint density at radius 1 is 0.415 bits per heavy atom. The van der Waals surface area contributed by atoms with Crippen molar-refractivity contribution in [2.75, 3.05) is 13.2 Å². The van der Waals surface area contributed by atoms with Crippen LogP contribution in [0.15, 0.2) is 171 Å². The van der Waals surface area contributed by atoms with E-state index in [1.165, 1.54) is 56.5 Å². The molecule has 0 aliphatic heterocycles. The third kappa shape index (κ3) is 27.4. The summed E-state index contributed by atoms with van der Waals surface area (Å²) in [6, 6.07) is 34.6. The van der Waals surface area contributed by atoms with Crippen molar-refractivity contribution >= 4 is 114 Å². The second-order valence-corrected chi connectivity index (χ2v) is 35.0. The van der Waals surface area contributed by atoms with Crippen molar-refractivity contribution in [1.29, 1.82) is 0 Å². The number of rotatable bonds is 35. The van der Waals surface area contributed by atoms with Crippen LogP contribution < -0.4 is 40.2 Å². The zero-order valence-electron chi connectivity index (χ0n) is 82.0. The summed E-state index contributed by atoms with van der Waals surface area (Å²) in [5.41, 5.74) is 11.2. The minimum atomic E-state index is -3.08. The third-order valence-electron chi connectivity index (χ3n) is 22.8. The van der Waals surface area contributed by atoms with Crippen LogP contribution in [-0.4, -0.2) is 142 Å². The van der Waals surface area contributed by atoms with Crippen LogP contribution in [0.25, 0.3) is 77.8 Å². The Morgan fingerprint density at radius 3 is 1.16 bits per heavy atom. The van der Waals surface area contributed by atoms with Gasteiger partial charge in [-0.2, -0.15) is 38.0 Å². The molecule has 16 rings (SSSR count). The maximum absolute atomic E-state index is 14.3. The number of alkyl halides is 7. The first-order valence-corrected chi connectivity index (χ1v) is 46.9. The lowest BCUT2D eigenvalue weighted by atomic mass is 9.98. The molecule has 0 bridgehead atoms. The van der Waals surface area contributed by atoms with Crippen LogP contribution in [0.3, 0.4) is 0 Å². The SMILES string of the molecule is CC[C@H](NC(=O)COC(F)F)c1cc(F)cc(Cl)c1COc1cccc2c(-n3ncnc3C)cc(C)nc12.CCn1ncnc1-c1cc(C)nc2c(OCc3c(Cl)cc(F)cc3[C@H](C)NC(=O)COC(F)F)cccc12.Cc1cc(-n2ncnc2C)c2cccc(OCc3c(Cl)cc(F)cc3[C@H](C)NC(=O)C(C)F)c2n1.[2H][C@@](C)(NC(=O)CC(F)F)c1cc(F)cc(Cl)c1COc1cccc2c(-c3ncnn3C)cc(C)nc12. The van der Waals surface area contributed by atoms with Gasteiger partial charge in [-0.3, -0.25) is 19.2 Å². The van der Waals surface area contributed by atoms with Gasteiger partial charge in [0.2, 0.25) is 24.1 Å². The summed E-state index contributed by atoms with van der Waals surface area (Å²) in [7, 11) is 1.78. The molecule has 8 heterocycles. The maximum Gasteiger partial charge on any atom is 0.345 e. The Labute approximate surface area is 855 Å². The molecule has 0 aliphatic rings. The highest BCUT2D eigenvalue weighted by molar-refractivity contribution is 6.32. The molecule has 770 valence electrons. The van der Waals surface area contributed by atoms with Crippen molar-refractivity contribution in [3.63, 3.8) is 0 Å². The Balaban J connectivity index is 0.000000165. The Kier molecular flexibility index (Phi) is 36.4. The number of halogens is 15. The average molecular weight is 2110 g/mol. The number of carbonyl (C=O) groups is 4. The molecule has 147 heavy (non-hydrogen) atoms. The minimum Gasteiger partial charge on any atom is -0.487 e. The van der Waals surface area contributed by atoms with Gasteiger partial charge in [0.25, 0.3) is 5.91 Å². The van der Waals surface area contributed by atoms with Gasteiger partial charge in [-0.05, 0) is 202 Å². The number of nitrogens with zero attached hydrogens (tertiary/aromatic N) is 16. The van der Waals surface area contributed by atoms with Crippen LogP contribution in [0.1, 0.15) is 159 Å². The van der Waals surface area contributed by atoms with E-state index in [4.69, 9.17) is 66.7 Å². The Hall–Kier alpha value is -14.7. The first-order valence-electron chi connectivity index (χ1n) is 45.9. The number of benzene rings is 8. The second kappa shape index (κ2) is 49.5. The summed E-state index contributed by atoms with van der Waals surface area (Å²) in [5, 5.41) is 30.3. The molecule has 4 N–H and O–H groups in total. The van der Waals surface area contributed by atoms with E-state index < -0.39 is 116 Å². The van der Waals surface area contributed by atoms with E-state index in [-0.39, 0.29) is 57.6 Å². The number of pyridine rings is 4. The van der Waals surface area contributed by atoms with Crippen LogP contribution in [-0.2, 0) is 68.7 Å². The summed E-state index contributed by atoms with van der Waals surface area (Å²) in [5.74, 6) is -1.38. The third-order valence-corrected chi connectivity index (χ3v) is 24.2. The summed E-state index contributed by atoms with van der Waals surface area (Å²) in [4.78, 5) is 83.7. The number of para-hydroxylation sites is 4. The van der Waals surface area contributed by atoms with E-state index in [0.717, 1.165) is 98.1 Å². The van der Waals surface area contributed by atoms with Crippen LogP contribution in [0.4, 0.5) is 48.3 Å². The van der Waals surface area contributed by atoms with Gasteiger partial charge in [0, 0.05) is 91.3 Å². The average Bonchev–Trinajstić information content (AvgIpc) is 1.31. The molecule has 0 spiro atoms. The lowest BCUT2D eigenvalue weighted by Gasteiger charge is -2.22. The molecule has 16 aromatic rings. The molecule has 0 fully saturated rings. The van der Waals surface area contributed by atoms with Crippen LogP contribution in [0.5, 0.6) is 23.0 Å². The van der Waals surface area contributed by atoms with E-state index in [9.17, 15) is 67.5 Å². The molecule has 8 aromatic carbocycles. The highest BCUT2D eigenvalue weighted by Gasteiger charge is 2.29. The zero-order chi connectivity index (χ0) is 107. The van der Waals surface area contributed by atoms with E-state index >= 15 is 0 Å². The minimum absolute atomic E-state index is 0.0216. The normalized spacial score (nSPS) is 12.7. The number of hydrogen-bond donors (Lipinski definition) is 4. The highest BCUT2D eigenvalue weighted by atomic mass is 35.5. The molecule has 45 heteroatoms. The van der Waals surface area contributed by atoms with E-state index in [0.29, 0.717) is 115 Å². The molecule has 5 atom stereocenters. The largest absolute Gasteiger partial charge is 0.487 e. The number of aryl methyl sites for hydroxylation is 8. The first-order chi connectivity index (χ1) is 70.5. The molecule has 8 aromatic heterocycles. The summed E-state index contributed by atoms with van der Waals surface area (Å²) < 4.78 is 193. The maximum atomic E-state index is 14.3. The zero-order valence-corrected chi connectivity index (χ0v) is 84.0. The van der Waals surface area contributed by atoms with Gasteiger partial charge in [-0.1, -0.05) is 102 Å². The van der Waals surface area contributed by atoms with E-state index in [1.54, 1.807) is 76.9 Å². The van der Waals surface area contributed by atoms with Crippen molar-refractivity contribution < 1.29 is 97.3 Å². The smallest absolute Gasteiger partial charge is 0.345 e. The quantitative estimate of drug-likeness (QED) is 0.0268. The molecule has 0 saturated heterocycles. The van der Waals surface area contributed by atoms with Gasteiger partial charge >= 0.3 is 13.2 Å². The van der Waals surface area contributed by atoms with Gasteiger partial charge < -0.3 is 49.7 Å². The summed E-state index contributed by atoms with van der Waals surface area (Å²) >= 11 is 25.4. The molecule has 1 unspecified atom stereocenters. The van der Waals surface area contributed by atoms with Crippen LogP contribution >= 0.6 is 46.4 Å². The molecule has 0 aliphatic carbocycles. The lowest BCUT2D eigenvalue weighted by molar-refractivity contribution is -0.152. The summed E-state index contributed by atoms with van der Waals surface area (Å²) in [6.45, 7) is 12.9. The van der Waals surface area contributed by atoms with Crippen molar-refractivity contribution in [1.82, 2.24) is 100 Å². The fourth-order valence-electron chi connectivity index (χ4n) is 16.1. The number of fused-ring (bicyclic) bond motifs is 4. The molecular formula is C102H97Cl4F11N20O10. The lowest BCUT2D eigenvalue weighted by Crippen LogP contribution is -2.33. The Bertz CT molecular complexity index is 7560. The van der Waals surface area contributed by atoms with E-state index in [2.05, 4.69) is 91.0 Å². The van der Waals surface area contributed by atoms with Gasteiger partial charge in [0.1, 0.15) is 145 Å². The van der Waals surface area contributed by atoms with Gasteiger partial charge in [-0.15, -0.1) is 0 Å². The number of nitrogens with one attached hydrogen (secondary N) is 4. The summed E-state index contributed by atoms with van der Waals surface area (Å²) in [6.07, 6.45) is 0.571. The number of hydrogen-bond acceptors (Lipinski definition) is 22. The van der Waals surface area contributed by atoms with Crippen molar-refractivity contribution in [2.24, 2.45) is 7.05 Å². The van der Waals surface area contributed by atoms with Crippen LogP contribution in [0.2, 0.25) is 20.1 Å². The fraction of sp³-hybridized carbons (Fsp3) is 0.294. The molecule has 30 nitrogen and oxygen atoms in total. The molecule has 4 amide bonds. The topological polar surface area (TPSA) is 346 Å². The monoisotopic (exact) mass is 2110 g/mol. The van der Waals surface area contributed by atoms with Gasteiger partial charge in [0.15, 0.2) is 17.8 Å². The standard InChI is InChI=1S/2C26H25ClF3N5O3.C25H23ClF3N5O2.C25H24ClF2N5O2/c1-4-21(34-24(36)12-38-26(29)30)18-9-16(28)10-20(27)19(18)11-37-23-7-5-6-17-22(8-14(2)33-25(17)23)35-15(3)31-13-32-35;1-4-35-25(31-13-32-35)19-8-14(2)33-24-17(19)6-5-7-22(24)37-11-20-18(9-16(28)10-21(20)27)15(3)34-23(36)12-38-26(29)30;1-13-7-18(25-30-12-31-34(25)3)16-5-4-6-21(24(16)32-13)36-11-19-17(8-15(27)9-20(19)26)14(2)33-23(35)10-22(28)29;1-13-8-22(33-16(4)29-12-30-33)18-6-5-7-23(24(18)31-13)35-11-20-19(9-17(28)10-21(20)26)15(3)32-25(34)14(2)27/h5-10,13,21,26H,4,11-12H2,1-3H3,(H,34,36);5-10,13,15,26H,4,11-12H2,1-3H3,(H,34,36);4-9,12,14,22H,10-11H2,1-3H3,(H,33,35);5-10,12,14-15H,11H2,1-4H3,(H,32,34)/t21-;15-;14-;14?,15-/m0000/s1/i;;14D;. The number of ether oxygens (including phenoxy) is 6. The van der Waals surface area contributed by atoms with Gasteiger partial charge in [0.05, 0.1) is 63.4 Å². The van der Waals surface area contributed by atoms with Crippen molar-refractivity contribution in [2.45, 2.75) is 179 Å². The van der Waals surface area contributed by atoms with E-state index in [1.807, 2.05) is 115 Å². The van der Waals surface area contributed by atoms with Crippen molar-refractivity contribution in [3.8, 4) is 57.1 Å². The van der Waals surface area contributed by atoms with Crippen LogP contribution in [0, 0.1) is 64.8 Å². The molecular weight excluding hydrogens is 2020 g/mol. The van der Waals surface area contributed by atoms with Crippen molar-refractivity contribution in [3.05, 3.63) is 293 Å². The fourth-order valence-corrected chi connectivity index (χ4v) is 17.2. The first kappa shape index (κ1) is 108. The molecule has 0 saturated carbocycles. The predicted octanol–water partition coefficient (Wildman–Crippen LogP) is 22.1. The number of carbonyl (C=O) groups excluding carboxylic acids is 4. The number of aromatic nitrogens is 16.